The molecule has 3 aromatic rings. The summed E-state index contributed by atoms with van der Waals surface area (Å²) in [5.74, 6) is 0. The molecule has 0 radical (unpaired) electrons. The van der Waals surface area contributed by atoms with Crippen LogP contribution in [0.1, 0.15) is 17.7 Å². The van der Waals surface area contributed by atoms with Crippen LogP contribution in [0.2, 0.25) is 0 Å². The summed E-state index contributed by atoms with van der Waals surface area (Å²) in [6.45, 7) is 1.08. The minimum Gasteiger partial charge on any atom is -0.347 e. The van der Waals surface area contributed by atoms with Crippen molar-refractivity contribution in [3.8, 4) is 11.1 Å². The van der Waals surface area contributed by atoms with Crippen LogP contribution < -0.4 is 0 Å². The van der Waals surface area contributed by atoms with Crippen LogP contribution in [-0.2, 0) is 6.54 Å². The molecule has 0 bridgehead atoms. The molecule has 0 atom stereocenters. The first kappa shape index (κ1) is 12.2. The van der Waals surface area contributed by atoms with Crippen molar-refractivity contribution >= 4 is 11.6 Å². The van der Waals surface area contributed by atoms with Gasteiger partial charge in [-0.2, -0.15) is 0 Å². The van der Waals surface area contributed by atoms with Gasteiger partial charge in [0.25, 0.3) is 0 Å². The summed E-state index contributed by atoms with van der Waals surface area (Å²) in [6, 6.07) is 23.5. The highest BCUT2D eigenvalue weighted by Crippen LogP contribution is 2.34. The molecule has 2 aromatic carbocycles. The number of hydrogen-bond donors (Lipinski definition) is 0. The predicted molar refractivity (Wildman–Crippen MR) is 88.8 cm³/mol. The Kier molecular flexibility index (Phi) is 2.97. The molecule has 0 spiro atoms. The van der Waals surface area contributed by atoms with E-state index in [4.69, 9.17) is 0 Å². The molecule has 1 aliphatic rings. The zero-order chi connectivity index (χ0) is 14.1. The van der Waals surface area contributed by atoms with Crippen LogP contribution >= 0.6 is 0 Å². The summed E-state index contributed by atoms with van der Waals surface area (Å²) in [5.41, 5.74) is 6.67. The second-order valence-corrected chi connectivity index (χ2v) is 5.50. The largest absolute Gasteiger partial charge is 0.347 e. The SMILES string of the molecule is C(=C1/CCn2cc(-c3ccccc3)cc21)/c1ccccc1. The van der Waals surface area contributed by atoms with Crippen LogP contribution in [0.5, 0.6) is 0 Å². The highest BCUT2D eigenvalue weighted by atomic mass is 15.0. The predicted octanol–water partition coefficient (Wildman–Crippen LogP) is 5.10. The lowest BCUT2D eigenvalue weighted by Crippen LogP contribution is -1.86. The molecule has 2 heterocycles. The number of allylic oxidation sites excluding steroid dienone is 1. The molecule has 1 aromatic heterocycles. The van der Waals surface area contributed by atoms with Crippen molar-refractivity contribution in [3.63, 3.8) is 0 Å². The number of hydrogen-bond acceptors (Lipinski definition) is 0. The average Bonchev–Trinajstić information content (AvgIpc) is 3.11. The van der Waals surface area contributed by atoms with Crippen LogP contribution in [0.4, 0.5) is 0 Å². The Morgan fingerprint density at radius 3 is 2.29 bits per heavy atom. The molecule has 4 rings (SSSR count). The first-order valence-corrected chi connectivity index (χ1v) is 7.42. The van der Waals surface area contributed by atoms with Gasteiger partial charge in [-0.15, -0.1) is 0 Å². The summed E-state index contributed by atoms with van der Waals surface area (Å²) in [7, 11) is 0. The van der Waals surface area contributed by atoms with Crippen LogP contribution in [0, 0.1) is 0 Å². The molecule has 0 fully saturated rings. The van der Waals surface area contributed by atoms with Crippen molar-refractivity contribution in [3.05, 3.63) is 84.2 Å². The first-order chi connectivity index (χ1) is 10.4. The zero-order valence-corrected chi connectivity index (χ0v) is 11.9. The van der Waals surface area contributed by atoms with Crippen LogP contribution in [0.25, 0.3) is 22.8 Å². The third-order valence-electron chi connectivity index (χ3n) is 4.10. The van der Waals surface area contributed by atoms with Gasteiger partial charge in [0.2, 0.25) is 0 Å². The van der Waals surface area contributed by atoms with Gasteiger partial charge in [-0.05, 0) is 40.8 Å². The molecule has 0 aliphatic carbocycles. The zero-order valence-electron chi connectivity index (χ0n) is 11.9. The molecule has 102 valence electrons. The monoisotopic (exact) mass is 271 g/mol. The van der Waals surface area contributed by atoms with Gasteiger partial charge < -0.3 is 4.57 Å². The Balaban J connectivity index is 1.73. The quantitative estimate of drug-likeness (QED) is 0.611. The molecule has 0 N–H and O–H groups in total. The maximum absolute atomic E-state index is 2.37. The number of aromatic nitrogens is 1. The Morgan fingerprint density at radius 2 is 1.52 bits per heavy atom. The maximum atomic E-state index is 2.37. The normalized spacial score (nSPS) is 15.3. The van der Waals surface area contributed by atoms with Gasteiger partial charge in [-0.3, -0.25) is 0 Å². The van der Waals surface area contributed by atoms with Crippen molar-refractivity contribution in [2.45, 2.75) is 13.0 Å². The smallest absolute Gasteiger partial charge is 0.0446 e. The fourth-order valence-electron chi connectivity index (χ4n) is 3.02. The van der Waals surface area contributed by atoms with E-state index in [2.05, 4.69) is 83.6 Å². The molecule has 21 heavy (non-hydrogen) atoms. The van der Waals surface area contributed by atoms with Crippen LogP contribution in [0.15, 0.2) is 72.9 Å². The highest BCUT2D eigenvalue weighted by molar-refractivity contribution is 5.84. The minimum atomic E-state index is 1.08. The van der Waals surface area contributed by atoms with Crippen LogP contribution in [-0.4, -0.2) is 4.57 Å². The fourth-order valence-corrected chi connectivity index (χ4v) is 3.02. The maximum Gasteiger partial charge on any atom is 0.0446 e. The number of aryl methyl sites for hydroxylation is 1. The Morgan fingerprint density at radius 1 is 0.810 bits per heavy atom. The van der Waals surface area contributed by atoms with E-state index in [9.17, 15) is 0 Å². The third-order valence-corrected chi connectivity index (χ3v) is 4.10. The molecule has 0 unspecified atom stereocenters. The summed E-state index contributed by atoms with van der Waals surface area (Å²) in [4.78, 5) is 0. The minimum absolute atomic E-state index is 1.08. The Labute approximate surface area is 125 Å². The second kappa shape index (κ2) is 5.10. The van der Waals surface area contributed by atoms with E-state index in [-0.39, 0.29) is 0 Å². The van der Waals surface area contributed by atoms with E-state index in [1.807, 2.05) is 0 Å². The topological polar surface area (TPSA) is 4.93 Å². The lowest BCUT2D eigenvalue weighted by molar-refractivity contribution is 0.770. The molecule has 1 nitrogen and oxygen atoms in total. The number of benzene rings is 2. The average molecular weight is 271 g/mol. The van der Waals surface area contributed by atoms with E-state index in [1.54, 1.807) is 0 Å². The summed E-state index contributed by atoms with van der Waals surface area (Å²) in [5, 5.41) is 0. The van der Waals surface area contributed by atoms with Crippen molar-refractivity contribution in [1.29, 1.82) is 0 Å². The lowest BCUT2D eigenvalue weighted by Gasteiger charge is -1.98. The van der Waals surface area contributed by atoms with E-state index < -0.39 is 0 Å². The van der Waals surface area contributed by atoms with Crippen molar-refractivity contribution in [2.75, 3.05) is 0 Å². The van der Waals surface area contributed by atoms with E-state index >= 15 is 0 Å². The Bertz CT molecular complexity index is 779. The van der Waals surface area contributed by atoms with Gasteiger partial charge in [0.1, 0.15) is 0 Å². The molecular formula is C20H17N. The van der Waals surface area contributed by atoms with Gasteiger partial charge in [0.05, 0.1) is 0 Å². The van der Waals surface area contributed by atoms with Gasteiger partial charge >= 0.3 is 0 Å². The second-order valence-electron chi connectivity index (χ2n) is 5.50. The summed E-state index contributed by atoms with van der Waals surface area (Å²) >= 11 is 0. The molecular weight excluding hydrogens is 254 g/mol. The number of rotatable bonds is 2. The highest BCUT2D eigenvalue weighted by Gasteiger charge is 2.17. The number of nitrogens with zero attached hydrogens (tertiary/aromatic N) is 1. The van der Waals surface area contributed by atoms with Crippen molar-refractivity contribution in [2.24, 2.45) is 0 Å². The summed E-state index contributed by atoms with van der Waals surface area (Å²) in [6.07, 6.45) is 5.71. The number of fused-ring (bicyclic) bond motifs is 1. The van der Waals surface area contributed by atoms with Gasteiger partial charge in [-0.1, -0.05) is 60.7 Å². The third kappa shape index (κ3) is 2.31. The van der Waals surface area contributed by atoms with Gasteiger partial charge in [0.15, 0.2) is 0 Å². The molecule has 0 saturated carbocycles. The summed E-state index contributed by atoms with van der Waals surface area (Å²) < 4.78 is 2.37. The lowest BCUT2D eigenvalue weighted by atomic mass is 10.0. The molecule has 1 heteroatoms. The van der Waals surface area contributed by atoms with Crippen molar-refractivity contribution < 1.29 is 0 Å². The van der Waals surface area contributed by atoms with E-state index in [0.717, 1.165) is 13.0 Å². The van der Waals surface area contributed by atoms with E-state index in [0.29, 0.717) is 0 Å². The molecule has 0 amide bonds. The standard InChI is InChI=1S/C20H17N/c1-3-7-16(8-4-1)13-18-11-12-21-15-19(14-20(18)21)17-9-5-2-6-10-17/h1-10,13-15H,11-12H2/b18-13+. The molecule has 0 saturated heterocycles. The van der Waals surface area contributed by atoms with Gasteiger partial charge in [-0.25, -0.2) is 0 Å². The fraction of sp³-hybridized carbons (Fsp3) is 0.100. The van der Waals surface area contributed by atoms with E-state index in [1.165, 1.54) is 28.0 Å². The van der Waals surface area contributed by atoms with Gasteiger partial charge in [0, 0.05) is 18.4 Å². The first-order valence-electron chi connectivity index (χ1n) is 7.42. The molecule has 1 aliphatic heterocycles. The van der Waals surface area contributed by atoms with Crippen molar-refractivity contribution in [1.82, 2.24) is 4.57 Å². The van der Waals surface area contributed by atoms with Crippen LogP contribution in [0.3, 0.4) is 0 Å². The Hall–Kier alpha value is -2.54.